The number of halogens is 3. The molecule has 0 bridgehead atoms. The number of aliphatic hydroxyl groups is 1. The van der Waals surface area contributed by atoms with E-state index in [1.165, 1.54) is 12.1 Å². The van der Waals surface area contributed by atoms with Gasteiger partial charge in [0.25, 0.3) is 0 Å². The van der Waals surface area contributed by atoms with Crippen molar-refractivity contribution >= 4 is 46.4 Å². The lowest BCUT2D eigenvalue weighted by molar-refractivity contribution is -0.117. The smallest absolute Gasteiger partial charge is 0.238 e. The highest BCUT2D eigenvalue weighted by Gasteiger charge is 2.28. The number of aliphatic hydroxyl groups excluding tert-OH is 1. The molecule has 0 aromatic heterocycles. The van der Waals surface area contributed by atoms with Crippen LogP contribution < -0.4 is 5.32 Å². The molecule has 2 N–H and O–H groups in total. The molecular weight excluding hydrogens is 335 g/mol. The Labute approximate surface area is 139 Å². The van der Waals surface area contributed by atoms with Crippen LogP contribution in [0.2, 0.25) is 15.1 Å². The molecule has 1 fully saturated rings. The lowest BCUT2D eigenvalue weighted by atomic mass is 9.82. The van der Waals surface area contributed by atoms with Crippen molar-refractivity contribution < 1.29 is 9.90 Å². The fraction of sp³-hybridized carbons (Fsp3) is 0.500. The SMILES string of the molecule is CN(CC(=O)Nc1cc(Cl)c(Cl)cc1Cl)CC1CC(O)C1. The van der Waals surface area contributed by atoms with Crippen molar-refractivity contribution in [1.29, 1.82) is 0 Å². The minimum Gasteiger partial charge on any atom is -0.393 e. The first-order chi connectivity index (χ1) is 9.85. The fourth-order valence-electron chi connectivity index (χ4n) is 2.41. The van der Waals surface area contributed by atoms with Gasteiger partial charge in [-0.2, -0.15) is 0 Å². The third-order valence-electron chi connectivity index (χ3n) is 3.48. The molecule has 1 amide bonds. The van der Waals surface area contributed by atoms with Crippen LogP contribution in [0, 0.1) is 5.92 Å². The molecule has 1 aromatic rings. The van der Waals surface area contributed by atoms with Crippen molar-refractivity contribution in [2.45, 2.75) is 18.9 Å². The molecule has 0 heterocycles. The molecule has 4 nitrogen and oxygen atoms in total. The average molecular weight is 352 g/mol. The highest BCUT2D eigenvalue weighted by molar-refractivity contribution is 6.44. The van der Waals surface area contributed by atoms with Gasteiger partial charge in [0.1, 0.15) is 0 Å². The van der Waals surface area contributed by atoms with Crippen LogP contribution in [0.5, 0.6) is 0 Å². The molecule has 1 aromatic carbocycles. The first-order valence-electron chi connectivity index (χ1n) is 6.66. The summed E-state index contributed by atoms with van der Waals surface area (Å²) in [6.07, 6.45) is 1.45. The van der Waals surface area contributed by atoms with E-state index >= 15 is 0 Å². The Hall–Kier alpha value is -0.520. The number of carbonyl (C=O) groups is 1. The molecule has 0 radical (unpaired) electrons. The summed E-state index contributed by atoms with van der Waals surface area (Å²) in [6, 6.07) is 3.03. The lowest BCUT2D eigenvalue weighted by Crippen LogP contribution is -2.39. The molecule has 1 aliphatic carbocycles. The first-order valence-corrected chi connectivity index (χ1v) is 7.79. The van der Waals surface area contributed by atoms with Crippen molar-refractivity contribution in [2.75, 3.05) is 25.5 Å². The number of benzene rings is 1. The molecule has 2 rings (SSSR count). The number of hydrogen-bond donors (Lipinski definition) is 2. The Bertz CT molecular complexity index is 533. The number of nitrogens with one attached hydrogen (secondary N) is 1. The molecule has 7 heteroatoms. The molecule has 1 aliphatic rings. The number of amides is 1. The van der Waals surface area contributed by atoms with Crippen LogP contribution in [0.3, 0.4) is 0 Å². The topological polar surface area (TPSA) is 52.6 Å². The summed E-state index contributed by atoms with van der Waals surface area (Å²) >= 11 is 17.8. The maximum atomic E-state index is 12.0. The van der Waals surface area contributed by atoms with Gasteiger partial charge in [-0.1, -0.05) is 34.8 Å². The van der Waals surface area contributed by atoms with Gasteiger partial charge >= 0.3 is 0 Å². The number of anilines is 1. The molecule has 0 aliphatic heterocycles. The second-order valence-corrected chi connectivity index (χ2v) is 6.70. The van der Waals surface area contributed by atoms with E-state index in [-0.39, 0.29) is 18.6 Å². The van der Waals surface area contributed by atoms with Crippen molar-refractivity contribution in [2.24, 2.45) is 5.92 Å². The predicted molar refractivity (Wildman–Crippen MR) is 86.3 cm³/mol. The van der Waals surface area contributed by atoms with Crippen LogP contribution in [0.15, 0.2) is 12.1 Å². The molecule has 1 saturated carbocycles. The van der Waals surface area contributed by atoms with Gasteiger partial charge in [0.15, 0.2) is 0 Å². The zero-order valence-corrected chi connectivity index (χ0v) is 13.8. The van der Waals surface area contributed by atoms with Gasteiger partial charge in [0.2, 0.25) is 5.91 Å². The number of rotatable bonds is 5. The fourth-order valence-corrected chi connectivity index (χ4v) is 3.00. The third-order valence-corrected chi connectivity index (χ3v) is 4.51. The minimum absolute atomic E-state index is 0.169. The van der Waals surface area contributed by atoms with Crippen LogP contribution in [-0.2, 0) is 4.79 Å². The summed E-state index contributed by atoms with van der Waals surface area (Å²) in [4.78, 5) is 13.9. The summed E-state index contributed by atoms with van der Waals surface area (Å²) in [7, 11) is 1.88. The Morgan fingerprint density at radius 1 is 1.29 bits per heavy atom. The standard InChI is InChI=1S/C14H17Cl3N2O2/c1-19(6-8-2-9(20)3-8)7-14(21)18-13-5-11(16)10(15)4-12(13)17/h4-5,8-9,20H,2-3,6-7H2,1H3,(H,18,21). The predicted octanol–water partition coefficient (Wildman–Crippen LogP) is 3.29. The highest BCUT2D eigenvalue weighted by Crippen LogP contribution is 2.32. The third kappa shape index (κ3) is 4.73. The molecular formula is C14H17Cl3N2O2. The molecule has 0 saturated heterocycles. The quantitative estimate of drug-likeness (QED) is 0.800. The van der Waals surface area contributed by atoms with Gasteiger partial charge in [0.05, 0.1) is 33.4 Å². The Kier molecular flexibility index (Phi) is 5.74. The van der Waals surface area contributed by atoms with Crippen LogP contribution in [-0.4, -0.2) is 42.2 Å². The van der Waals surface area contributed by atoms with E-state index in [2.05, 4.69) is 5.32 Å². The molecule has 0 spiro atoms. The summed E-state index contributed by atoms with van der Waals surface area (Å²) in [5, 5.41) is 13.0. The number of likely N-dealkylation sites (N-methyl/N-ethyl adjacent to an activating group) is 1. The second-order valence-electron chi connectivity index (χ2n) is 5.48. The Balaban J connectivity index is 1.85. The van der Waals surface area contributed by atoms with Crippen LogP contribution in [0.4, 0.5) is 5.69 Å². The Morgan fingerprint density at radius 3 is 2.52 bits per heavy atom. The lowest BCUT2D eigenvalue weighted by Gasteiger charge is -2.34. The Morgan fingerprint density at radius 2 is 1.90 bits per heavy atom. The summed E-state index contributed by atoms with van der Waals surface area (Å²) in [5.74, 6) is 0.295. The molecule has 0 atom stereocenters. The summed E-state index contributed by atoms with van der Waals surface area (Å²) in [6.45, 7) is 1.04. The van der Waals surface area contributed by atoms with Crippen LogP contribution >= 0.6 is 34.8 Å². The largest absolute Gasteiger partial charge is 0.393 e. The maximum Gasteiger partial charge on any atom is 0.238 e. The van der Waals surface area contributed by atoms with Gasteiger partial charge in [-0.25, -0.2) is 0 Å². The van der Waals surface area contributed by atoms with Crippen molar-refractivity contribution in [3.63, 3.8) is 0 Å². The van der Waals surface area contributed by atoms with Gasteiger partial charge in [-0.15, -0.1) is 0 Å². The van der Waals surface area contributed by atoms with E-state index in [1.54, 1.807) is 0 Å². The maximum absolute atomic E-state index is 12.0. The van der Waals surface area contributed by atoms with Gasteiger partial charge < -0.3 is 10.4 Å². The number of hydrogen-bond acceptors (Lipinski definition) is 3. The van der Waals surface area contributed by atoms with E-state index in [4.69, 9.17) is 34.8 Å². The average Bonchev–Trinajstić information content (AvgIpc) is 2.33. The van der Waals surface area contributed by atoms with Crippen molar-refractivity contribution in [3.8, 4) is 0 Å². The van der Waals surface area contributed by atoms with E-state index in [1.807, 2.05) is 11.9 Å². The van der Waals surface area contributed by atoms with E-state index in [0.29, 0.717) is 26.7 Å². The summed E-state index contributed by atoms with van der Waals surface area (Å²) < 4.78 is 0. The number of carbonyl (C=O) groups excluding carboxylic acids is 1. The highest BCUT2D eigenvalue weighted by atomic mass is 35.5. The second kappa shape index (κ2) is 7.16. The van der Waals surface area contributed by atoms with E-state index < -0.39 is 0 Å². The van der Waals surface area contributed by atoms with Crippen molar-refractivity contribution in [1.82, 2.24) is 4.90 Å². The normalized spacial score (nSPS) is 21.2. The van der Waals surface area contributed by atoms with Gasteiger partial charge in [0, 0.05) is 6.54 Å². The first kappa shape index (κ1) is 16.8. The zero-order chi connectivity index (χ0) is 15.6. The van der Waals surface area contributed by atoms with Gasteiger partial charge in [-0.3, -0.25) is 9.69 Å². The van der Waals surface area contributed by atoms with Crippen LogP contribution in [0.1, 0.15) is 12.8 Å². The van der Waals surface area contributed by atoms with Crippen LogP contribution in [0.25, 0.3) is 0 Å². The zero-order valence-electron chi connectivity index (χ0n) is 11.6. The summed E-state index contributed by atoms with van der Waals surface area (Å²) in [5.41, 5.74) is 0.448. The van der Waals surface area contributed by atoms with E-state index in [0.717, 1.165) is 19.4 Å². The van der Waals surface area contributed by atoms with Gasteiger partial charge in [-0.05, 0) is 37.9 Å². The van der Waals surface area contributed by atoms with E-state index in [9.17, 15) is 9.90 Å². The minimum atomic E-state index is -0.174. The number of nitrogens with zero attached hydrogens (tertiary/aromatic N) is 1. The van der Waals surface area contributed by atoms with Crippen molar-refractivity contribution in [3.05, 3.63) is 27.2 Å². The molecule has 116 valence electrons. The molecule has 21 heavy (non-hydrogen) atoms. The molecule has 0 unspecified atom stereocenters. The monoisotopic (exact) mass is 350 g/mol.